The quantitative estimate of drug-likeness (QED) is 0.424. The summed E-state index contributed by atoms with van der Waals surface area (Å²) in [5, 5.41) is 10.5. The Labute approximate surface area is 237 Å². The number of carbonyl (C=O) groups is 2. The molecule has 1 spiro atoms. The number of likely N-dealkylation sites (tertiary alicyclic amines) is 2. The van der Waals surface area contributed by atoms with E-state index in [1.807, 2.05) is 12.3 Å². The van der Waals surface area contributed by atoms with Gasteiger partial charge in [0.2, 0.25) is 11.8 Å². The van der Waals surface area contributed by atoms with Crippen LogP contribution in [0, 0.1) is 0 Å². The van der Waals surface area contributed by atoms with Gasteiger partial charge in [-0.25, -0.2) is 0 Å². The van der Waals surface area contributed by atoms with Gasteiger partial charge in [0, 0.05) is 77.0 Å². The Morgan fingerprint density at radius 2 is 1.90 bits per heavy atom. The van der Waals surface area contributed by atoms with Gasteiger partial charge in [0.15, 0.2) is 0 Å². The van der Waals surface area contributed by atoms with Crippen molar-refractivity contribution in [2.75, 3.05) is 31.1 Å². The average Bonchev–Trinajstić information content (AvgIpc) is 3.59. The maximum absolute atomic E-state index is 12.2. The van der Waals surface area contributed by atoms with Crippen LogP contribution in [0.5, 0.6) is 0 Å². The van der Waals surface area contributed by atoms with Crippen molar-refractivity contribution in [2.45, 2.75) is 69.5 Å². The number of anilines is 1. The highest BCUT2D eigenvalue weighted by atomic mass is 35.5. The lowest BCUT2D eigenvalue weighted by atomic mass is 9.74. The molecule has 1 atom stereocenters. The Bertz CT molecular complexity index is 1450. The summed E-state index contributed by atoms with van der Waals surface area (Å²) < 4.78 is 1.06. The molecule has 3 fully saturated rings. The topological polar surface area (TPSA) is 77.0 Å². The largest absolute Gasteiger partial charge is 0.395 e. The van der Waals surface area contributed by atoms with E-state index in [-0.39, 0.29) is 24.0 Å². The van der Waals surface area contributed by atoms with Crippen LogP contribution in [0.25, 0.3) is 21.3 Å². The number of imide groups is 1. The Hall–Kier alpha value is -2.52. The van der Waals surface area contributed by atoms with Crippen molar-refractivity contribution < 1.29 is 14.7 Å². The number of rotatable bonds is 6. The fraction of sp³-hybridized carbons (Fsp3) is 0.500. The van der Waals surface area contributed by atoms with Crippen LogP contribution in [-0.2, 0) is 22.6 Å². The SMILES string of the molecule is O=C1CCC(=O)N1Cc1cc2nccc(-c3cc(Cl)cc4c3N(C3CN(CCO)C5(CCC5)C3)CCC4)c2s1. The predicted octanol–water partition coefficient (Wildman–Crippen LogP) is 5.01. The van der Waals surface area contributed by atoms with Gasteiger partial charge in [-0.15, -0.1) is 11.3 Å². The number of pyridine rings is 1. The van der Waals surface area contributed by atoms with Crippen LogP contribution < -0.4 is 4.90 Å². The number of aliphatic hydroxyl groups excluding tert-OH is 1. The molecule has 7 nitrogen and oxygen atoms in total. The number of aryl methyl sites for hydroxylation is 1. The zero-order valence-corrected chi connectivity index (χ0v) is 23.6. The van der Waals surface area contributed by atoms with E-state index in [1.54, 1.807) is 11.3 Å². The van der Waals surface area contributed by atoms with Gasteiger partial charge in [-0.05, 0) is 68.4 Å². The molecule has 2 saturated heterocycles. The minimum atomic E-state index is -0.0961. The molecular weight excluding hydrogens is 532 g/mol. The average molecular weight is 565 g/mol. The number of β-amino-alcohol motifs (C(OH)–C–C–N with tert-alkyl or cyclic N) is 1. The Kier molecular flexibility index (Phi) is 6.42. The number of fused-ring (bicyclic) bond motifs is 2. The summed E-state index contributed by atoms with van der Waals surface area (Å²) >= 11 is 8.35. The summed E-state index contributed by atoms with van der Waals surface area (Å²) in [5.74, 6) is -0.192. The van der Waals surface area contributed by atoms with Crippen molar-refractivity contribution in [1.82, 2.24) is 14.8 Å². The second kappa shape index (κ2) is 9.84. The number of carbonyl (C=O) groups excluding carboxylic acids is 2. The Morgan fingerprint density at radius 1 is 1.08 bits per heavy atom. The molecule has 2 aromatic heterocycles. The fourth-order valence-corrected chi connectivity index (χ4v) is 8.75. The molecule has 1 saturated carbocycles. The predicted molar refractivity (Wildman–Crippen MR) is 154 cm³/mol. The third-order valence-corrected chi connectivity index (χ3v) is 10.7. The summed E-state index contributed by atoms with van der Waals surface area (Å²) in [6.45, 7) is 3.25. The van der Waals surface area contributed by atoms with Crippen molar-refractivity contribution in [1.29, 1.82) is 0 Å². The summed E-state index contributed by atoms with van der Waals surface area (Å²) in [6.07, 6.45) is 9.42. The molecular formula is C30H33ClN4O3S. The second-order valence-electron chi connectivity index (χ2n) is 11.5. The lowest BCUT2D eigenvalue weighted by molar-refractivity contribution is -0.138. The molecule has 0 radical (unpaired) electrons. The first-order valence-electron chi connectivity index (χ1n) is 14.1. The number of aliphatic hydroxyl groups is 1. The normalized spacial score (nSPS) is 22.8. The van der Waals surface area contributed by atoms with Gasteiger partial charge in [0.25, 0.3) is 0 Å². The van der Waals surface area contributed by atoms with Crippen LogP contribution in [0.15, 0.2) is 30.5 Å². The molecule has 1 aromatic carbocycles. The Morgan fingerprint density at radius 3 is 2.64 bits per heavy atom. The number of halogens is 1. The molecule has 7 rings (SSSR count). The number of benzene rings is 1. The zero-order valence-electron chi connectivity index (χ0n) is 22.0. The summed E-state index contributed by atoms with van der Waals surface area (Å²) in [6, 6.07) is 8.73. The van der Waals surface area contributed by atoms with Crippen molar-refractivity contribution in [3.8, 4) is 11.1 Å². The third-order valence-electron chi connectivity index (χ3n) is 9.32. The van der Waals surface area contributed by atoms with E-state index in [1.165, 1.54) is 35.4 Å². The molecule has 204 valence electrons. The molecule has 0 bridgehead atoms. The van der Waals surface area contributed by atoms with Crippen LogP contribution in [0.1, 0.15) is 55.4 Å². The number of nitrogens with zero attached hydrogens (tertiary/aromatic N) is 4. The molecule has 3 aliphatic heterocycles. The van der Waals surface area contributed by atoms with Gasteiger partial charge < -0.3 is 10.0 Å². The lowest BCUT2D eigenvalue weighted by Crippen LogP contribution is -2.50. The van der Waals surface area contributed by atoms with Crippen LogP contribution in [0.3, 0.4) is 0 Å². The lowest BCUT2D eigenvalue weighted by Gasteiger charge is -2.46. The number of amides is 2. The van der Waals surface area contributed by atoms with E-state index in [2.05, 4.69) is 33.0 Å². The summed E-state index contributed by atoms with van der Waals surface area (Å²) in [5.41, 5.74) is 5.94. The number of hydrogen-bond acceptors (Lipinski definition) is 7. The van der Waals surface area contributed by atoms with Crippen molar-refractivity contribution in [3.63, 3.8) is 0 Å². The van der Waals surface area contributed by atoms with Crippen molar-refractivity contribution >= 4 is 50.7 Å². The first kappa shape index (κ1) is 25.4. The highest BCUT2D eigenvalue weighted by Gasteiger charge is 2.50. The standard InChI is InChI=1S/C30H33ClN4O3S/c31-20-13-19-3-1-10-34(21-16-30(7-2-8-30)33(17-21)11-12-36)28(19)24(14-20)23-6-9-32-25-15-22(39-29(23)25)18-35-26(37)4-5-27(35)38/h6,9,13-15,21,36H,1-5,7-8,10-12,16-18H2. The molecule has 39 heavy (non-hydrogen) atoms. The highest BCUT2D eigenvalue weighted by Crippen LogP contribution is 2.50. The monoisotopic (exact) mass is 564 g/mol. The fourth-order valence-electron chi connectivity index (χ4n) is 7.38. The van der Waals surface area contributed by atoms with E-state index < -0.39 is 0 Å². The molecule has 1 aliphatic carbocycles. The van der Waals surface area contributed by atoms with Crippen molar-refractivity contribution in [3.05, 3.63) is 45.9 Å². The second-order valence-corrected chi connectivity index (χ2v) is 13.1. The third kappa shape index (κ3) is 4.27. The van der Waals surface area contributed by atoms with Crippen LogP contribution >= 0.6 is 22.9 Å². The molecule has 1 unspecified atom stereocenters. The maximum Gasteiger partial charge on any atom is 0.230 e. The zero-order chi connectivity index (χ0) is 26.7. The molecule has 9 heteroatoms. The van der Waals surface area contributed by atoms with Gasteiger partial charge in [-0.1, -0.05) is 11.6 Å². The molecule has 1 N–H and O–H groups in total. The van der Waals surface area contributed by atoms with Crippen LogP contribution in [0.4, 0.5) is 5.69 Å². The van der Waals surface area contributed by atoms with Gasteiger partial charge in [-0.2, -0.15) is 0 Å². The van der Waals surface area contributed by atoms with Gasteiger partial charge in [0.1, 0.15) is 0 Å². The van der Waals surface area contributed by atoms with Gasteiger partial charge in [0.05, 0.1) is 23.4 Å². The summed E-state index contributed by atoms with van der Waals surface area (Å²) in [4.78, 5) is 36.6. The van der Waals surface area contributed by atoms with Gasteiger partial charge in [-0.3, -0.25) is 24.4 Å². The first-order chi connectivity index (χ1) is 19.0. The number of hydrogen-bond donors (Lipinski definition) is 1. The van der Waals surface area contributed by atoms with E-state index in [0.29, 0.717) is 25.4 Å². The molecule has 2 amide bonds. The van der Waals surface area contributed by atoms with Crippen LogP contribution in [-0.4, -0.2) is 69.5 Å². The minimum absolute atomic E-state index is 0.0961. The van der Waals surface area contributed by atoms with E-state index in [4.69, 9.17) is 11.6 Å². The molecule has 5 heterocycles. The van der Waals surface area contributed by atoms with Gasteiger partial charge >= 0.3 is 0 Å². The van der Waals surface area contributed by atoms with Crippen molar-refractivity contribution in [2.24, 2.45) is 0 Å². The smallest absolute Gasteiger partial charge is 0.230 e. The van der Waals surface area contributed by atoms with E-state index in [0.717, 1.165) is 70.1 Å². The molecule has 4 aliphatic rings. The van der Waals surface area contributed by atoms with E-state index in [9.17, 15) is 14.7 Å². The maximum atomic E-state index is 12.2. The number of aromatic nitrogens is 1. The Balaban J connectivity index is 1.29. The number of thiophene rings is 1. The van der Waals surface area contributed by atoms with E-state index >= 15 is 0 Å². The molecule has 3 aromatic rings. The first-order valence-corrected chi connectivity index (χ1v) is 15.3. The minimum Gasteiger partial charge on any atom is -0.395 e. The van der Waals surface area contributed by atoms with Crippen LogP contribution in [0.2, 0.25) is 5.02 Å². The summed E-state index contributed by atoms with van der Waals surface area (Å²) in [7, 11) is 0. The highest BCUT2D eigenvalue weighted by molar-refractivity contribution is 7.19.